The first-order chi connectivity index (χ1) is 11.7. The van der Waals surface area contributed by atoms with Gasteiger partial charge in [-0.3, -0.25) is 9.59 Å². The molecule has 1 N–H and O–H groups in total. The number of benzene rings is 1. The van der Waals surface area contributed by atoms with E-state index in [1.165, 1.54) is 30.7 Å². The summed E-state index contributed by atoms with van der Waals surface area (Å²) in [6.07, 6.45) is 0.434. The second-order valence-electron chi connectivity index (χ2n) is 5.41. The third kappa shape index (κ3) is 4.41. The van der Waals surface area contributed by atoms with Gasteiger partial charge in [-0.1, -0.05) is 29.3 Å². The van der Waals surface area contributed by atoms with Crippen molar-refractivity contribution in [2.24, 2.45) is 7.05 Å². The van der Waals surface area contributed by atoms with Crippen LogP contribution in [0.2, 0.25) is 10.0 Å². The summed E-state index contributed by atoms with van der Waals surface area (Å²) in [5.74, 6) is -1.47. The minimum Gasteiger partial charge on any atom is -0.448 e. The lowest BCUT2D eigenvalue weighted by molar-refractivity contribution is -0.123. The molecule has 1 heterocycles. The number of halogens is 2. The van der Waals surface area contributed by atoms with E-state index in [1.54, 1.807) is 25.2 Å². The number of hydrogen-bond donors (Lipinski definition) is 1. The second kappa shape index (κ2) is 7.72. The van der Waals surface area contributed by atoms with Gasteiger partial charge in [-0.2, -0.15) is 0 Å². The number of nitrogens with one attached hydrogen (secondary N) is 1. The molecule has 0 aliphatic rings. The van der Waals surface area contributed by atoms with Gasteiger partial charge in [-0.25, -0.2) is 4.79 Å². The number of ketones is 1. The van der Waals surface area contributed by atoms with Crippen LogP contribution in [0.25, 0.3) is 0 Å². The van der Waals surface area contributed by atoms with Gasteiger partial charge in [0.2, 0.25) is 0 Å². The second-order valence-corrected chi connectivity index (χ2v) is 6.23. The highest BCUT2D eigenvalue weighted by Crippen LogP contribution is 2.30. The van der Waals surface area contributed by atoms with Crippen LogP contribution in [-0.2, 0) is 16.6 Å². The van der Waals surface area contributed by atoms with E-state index in [1.807, 2.05) is 0 Å². The Morgan fingerprint density at radius 2 is 1.80 bits per heavy atom. The summed E-state index contributed by atoms with van der Waals surface area (Å²) < 4.78 is 6.62. The smallest absolute Gasteiger partial charge is 0.355 e. The number of anilines is 1. The van der Waals surface area contributed by atoms with Gasteiger partial charge < -0.3 is 14.6 Å². The van der Waals surface area contributed by atoms with Gasteiger partial charge in [0, 0.05) is 18.8 Å². The van der Waals surface area contributed by atoms with E-state index >= 15 is 0 Å². The van der Waals surface area contributed by atoms with E-state index in [-0.39, 0.29) is 27.2 Å². The van der Waals surface area contributed by atoms with Gasteiger partial charge in [0.25, 0.3) is 5.91 Å². The molecule has 1 amide bonds. The lowest BCUT2D eigenvalue weighted by Crippen LogP contribution is -2.30. The number of Topliss-reactive ketones (excluding diaryl/α,β-unsaturated/α-hetero) is 1. The fourth-order valence-electron chi connectivity index (χ4n) is 2.08. The molecule has 0 unspecified atom stereocenters. The van der Waals surface area contributed by atoms with Gasteiger partial charge in [0.05, 0.1) is 15.7 Å². The van der Waals surface area contributed by atoms with Crippen molar-refractivity contribution in [2.75, 3.05) is 5.32 Å². The zero-order chi connectivity index (χ0) is 18.7. The Labute approximate surface area is 154 Å². The van der Waals surface area contributed by atoms with Crippen molar-refractivity contribution >= 4 is 46.5 Å². The molecule has 0 saturated carbocycles. The summed E-state index contributed by atoms with van der Waals surface area (Å²) in [5.41, 5.74) is 0.798. The summed E-state index contributed by atoms with van der Waals surface area (Å²) in [4.78, 5) is 35.8. The van der Waals surface area contributed by atoms with Gasteiger partial charge in [-0.15, -0.1) is 0 Å². The Kier molecular flexibility index (Phi) is 5.87. The molecule has 8 heteroatoms. The van der Waals surface area contributed by atoms with Gasteiger partial charge >= 0.3 is 5.97 Å². The van der Waals surface area contributed by atoms with Crippen molar-refractivity contribution in [2.45, 2.75) is 20.0 Å². The molecule has 1 atom stereocenters. The van der Waals surface area contributed by atoms with Crippen molar-refractivity contribution in [3.05, 3.63) is 51.8 Å². The Balaban J connectivity index is 2.08. The number of rotatable bonds is 5. The topological polar surface area (TPSA) is 77.4 Å². The summed E-state index contributed by atoms with van der Waals surface area (Å²) in [6.45, 7) is 2.82. The molecule has 0 aliphatic heterocycles. The Bertz CT molecular complexity index is 825. The van der Waals surface area contributed by atoms with Crippen LogP contribution < -0.4 is 5.32 Å². The maximum absolute atomic E-state index is 12.2. The predicted molar refractivity (Wildman–Crippen MR) is 95.4 cm³/mol. The minimum atomic E-state index is -1.09. The maximum atomic E-state index is 12.2. The van der Waals surface area contributed by atoms with Crippen LogP contribution in [0.15, 0.2) is 30.5 Å². The third-order valence-corrected chi connectivity index (χ3v) is 4.11. The average Bonchev–Trinajstić information content (AvgIpc) is 2.93. The highest BCUT2D eigenvalue weighted by atomic mass is 35.5. The molecule has 0 aliphatic carbocycles. The Morgan fingerprint density at radius 3 is 2.32 bits per heavy atom. The molecule has 6 nitrogen and oxygen atoms in total. The van der Waals surface area contributed by atoms with Crippen molar-refractivity contribution in [1.82, 2.24) is 4.57 Å². The van der Waals surface area contributed by atoms with Crippen LogP contribution in [-0.4, -0.2) is 28.3 Å². The fraction of sp³-hybridized carbons (Fsp3) is 0.235. The van der Waals surface area contributed by atoms with Crippen molar-refractivity contribution in [3.63, 3.8) is 0 Å². The Morgan fingerprint density at radius 1 is 1.20 bits per heavy atom. The largest absolute Gasteiger partial charge is 0.448 e. The first kappa shape index (κ1) is 19.0. The first-order valence-corrected chi connectivity index (χ1v) is 8.09. The SMILES string of the molecule is CC(=O)c1cc(C(=O)O[C@H](C)C(=O)Nc2c(Cl)cccc2Cl)n(C)c1. The van der Waals surface area contributed by atoms with Crippen LogP contribution >= 0.6 is 23.2 Å². The molecular weight excluding hydrogens is 367 g/mol. The van der Waals surface area contributed by atoms with Gasteiger partial charge in [-0.05, 0) is 32.0 Å². The lowest BCUT2D eigenvalue weighted by atomic mass is 10.2. The average molecular weight is 383 g/mol. The molecule has 0 saturated heterocycles. The molecule has 2 aromatic rings. The highest BCUT2D eigenvalue weighted by molar-refractivity contribution is 6.39. The molecule has 0 radical (unpaired) electrons. The lowest BCUT2D eigenvalue weighted by Gasteiger charge is -2.15. The number of aryl methyl sites for hydroxylation is 1. The molecule has 132 valence electrons. The van der Waals surface area contributed by atoms with Crippen LogP contribution in [0.1, 0.15) is 34.7 Å². The van der Waals surface area contributed by atoms with Crippen LogP contribution in [0.4, 0.5) is 5.69 Å². The van der Waals surface area contributed by atoms with Gasteiger partial charge in [0.1, 0.15) is 5.69 Å². The van der Waals surface area contributed by atoms with Crippen molar-refractivity contribution in [3.8, 4) is 0 Å². The van der Waals surface area contributed by atoms with E-state index in [0.29, 0.717) is 5.56 Å². The van der Waals surface area contributed by atoms with E-state index in [9.17, 15) is 14.4 Å². The number of carbonyl (C=O) groups is 3. The number of para-hydroxylation sites is 1. The molecule has 2 rings (SSSR count). The zero-order valence-corrected chi connectivity index (χ0v) is 15.3. The van der Waals surface area contributed by atoms with Crippen molar-refractivity contribution < 1.29 is 19.1 Å². The monoisotopic (exact) mass is 382 g/mol. The molecule has 0 bridgehead atoms. The normalized spacial score (nSPS) is 11.7. The Hall–Kier alpha value is -2.31. The maximum Gasteiger partial charge on any atom is 0.355 e. The molecule has 25 heavy (non-hydrogen) atoms. The summed E-state index contributed by atoms with van der Waals surface area (Å²) >= 11 is 12.0. The number of nitrogens with zero attached hydrogens (tertiary/aromatic N) is 1. The summed E-state index contributed by atoms with van der Waals surface area (Å²) in [6, 6.07) is 6.21. The van der Waals surface area contributed by atoms with Crippen LogP contribution in [0.5, 0.6) is 0 Å². The van der Waals surface area contributed by atoms with E-state index in [2.05, 4.69) is 5.32 Å². The molecule has 0 spiro atoms. The van der Waals surface area contributed by atoms with E-state index in [4.69, 9.17) is 27.9 Å². The van der Waals surface area contributed by atoms with E-state index in [0.717, 1.165) is 0 Å². The molecule has 1 aromatic heterocycles. The number of hydrogen-bond acceptors (Lipinski definition) is 4. The summed E-state index contributed by atoms with van der Waals surface area (Å²) in [7, 11) is 1.61. The fourth-order valence-corrected chi connectivity index (χ4v) is 2.57. The molecule has 0 fully saturated rings. The number of aromatic nitrogens is 1. The number of carbonyl (C=O) groups excluding carboxylic acids is 3. The number of amides is 1. The van der Waals surface area contributed by atoms with Crippen LogP contribution in [0, 0.1) is 0 Å². The third-order valence-electron chi connectivity index (χ3n) is 3.48. The number of esters is 1. The summed E-state index contributed by atoms with van der Waals surface area (Å²) in [5, 5.41) is 3.07. The quantitative estimate of drug-likeness (QED) is 0.631. The molecular formula is C17H16Cl2N2O4. The zero-order valence-electron chi connectivity index (χ0n) is 13.8. The minimum absolute atomic E-state index is 0.167. The highest BCUT2D eigenvalue weighted by Gasteiger charge is 2.23. The van der Waals surface area contributed by atoms with Gasteiger partial charge in [0.15, 0.2) is 11.9 Å². The predicted octanol–water partition coefficient (Wildman–Crippen LogP) is 3.72. The molecule has 1 aromatic carbocycles. The van der Waals surface area contributed by atoms with Crippen molar-refractivity contribution in [1.29, 1.82) is 0 Å². The number of ether oxygens (including phenoxy) is 1. The van der Waals surface area contributed by atoms with E-state index < -0.39 is 18.0 Å². The standard InChI is InChI=1S/C17H16Cl2N2O4/c1-9(22)11-7-14(21(3)8-11)17(24)25-10(2)16(23)20-15-12(18)5-4-6-13(15)19/h4-8,10H,1-3H3,(H,20,23)/t10-/m1/s1. The van der Waals surface area contributed by atoms with Crippen LogP contribution in [0.3, 0.4) is 0 Å². The first-order valence-electron chi connectivity index (χ1n) is 7.34.